The van der Waals surface area contributed by atoms with Crippen LogP contribution in [-0.4, -0.2) is 29.1 Å². The summed E-state index contributed by atoms with van der Waals surface area (Å²) in [5, 5.41) is 9.15. The molecule has 1 fully saturated rings. The summed E-state index contributed by atoms with van der Waals surface area (Å²) in [5.41, 5.74) is 5.23. The first kappa shape index (κ1) is 22.3. The molecule has 32 heavy (non-hydrogen) atoms. The molecule has 3 aromatic rings. The van der Waals surface area contributed by atoms with Gasteiger partial charge in [0.2, 0.25) is 0 Å². The molecule has 1 saturated carbocycles. The van der Waals surface area contributed by atoms with E-state index in [1.807, 2.05) is 12.1 Å². The smallest absolute Gasteiger partial charge is 0.335 e. The Kier molecular flexibility index (Phi) is 7.73. The first-order valence-corrected chi connectivity index (χ1v) is 11.9. The Balaban J connectivity index is 1.47. The van der Waals surface area contributed by atoms with Crippen LogP contribution in [0.2, 0.25) is 0 Å². The van der Waals surface area contributed by atoms with Gasteiger partial charge in [0.15, 0.2) is 0 Å². The van der Waals surface area contributed by atoms with Crippen LogP contribution in [0, 0.1) is 5.92 Å². The second-order valence-corrected chi connectivity index (χ2v) is 9.06. The van der Waals surface area contributed by atoms with Crippen molar-refractivity contribution < 1.29 is 9.90 Å². The van der Waals surface area contributed by atoms with E-state index in [0.717, 1.165) is 36.6 Å². The average Bonchev–Trinajstić information content (AvgIpc) is 2.84. The SMILES string of the molecule is O=C(O)c1ccc(-c2cccc(CN(CCc3ccccc3)CC3CCCCC3)c2)cc1. The molecule has 0 radical (unpaired) electrons. The number of hydrogen-bond acceptors (Lipinski definition) is 2. The normalized spacial score (nSPS) is 14.5. The van der Waals surface area contributed by atoms with Gasteiger partial charge in [-0.3, -0.25) is 4.90 Å². The highest BCUT2D eigenvalue weighted by Gasteiger charge is 2.18. The molecule has 0 bridgehead atoms. The largest absolute Gasteiger partial charge is 0.478 e. The van der Waals surface area contributed by atoms with E-state index in [0.29, 0.717) is 5.56 Å². The standard InChI is InChI=1S/C29H33NO2/c31-29(32)27-16-14-26(15-17-27)28-13-7-12-25(20-28)22-30(21-24-10-5-2-6-11-24)19-18-23-8-3-1-4-9-23/h1,3-4,7-9,12-17,20,24H,2,5-6,10-11,18-19,21-22H2,(H,31,32). The summed E-state index contributed by atoms with van der Waals surface area (Å²) in [7, 11) is 0. The van der Waals surface area contributed by atoms with Crippen molar-refractivity contribution >= 4 is 5.97 Å². The van der Waals surface area contributed by atoms with E-state index in [1.54, 1.807) is 12.1 Å². The predicted molar refractivity (Wildman–Crippen MR) is 131 cm³/mol. The highest BCUT2D eigenvalue weighted by molar-refractivity contribution is 5.88. The fraction of sp³-hybridized carbons (Fsp3) is 0.345. The number of nitrogens with zero attached hydrogens (tertiary/aromatic N) is 1. The van der Waals surface area contributed by atoms with Gasteiger partial charge in [0.25, 0.3) is 0 Å². The first-order chi connectivity index (χ1) is 15.7. The molecule has 0 spiro atoms. The van der Waals surface area contributed by atoms with Gasteiger partial charge < -0.3 is 5.11 Å². The summed E-state index contributed by atoms with van der Waals surface area (Å²) in [4.78, 5) is 13.8. The number of carbonyl (C=O) groups is 1. The van der Waals surface area contributed by atoms with Crippen molar-refractivity contribution in [1.82, 2.24) is 4.90 Å². The Morgan fingerprint density at radius 2 is 1.53 bits per heavy atom. The average molecular weight is 428 g/mol. The van der Waals surface area contributed by atoms with Gasteiger partial charge in [0, 0.05) is 19.6 Å². The lowest BCUT2D eigenvalue weighted by atomic mass is 9.88. The molecular formula is C29H33NO2. The third-order valence-electron chi connectivity index (χ3n) is 6.60. The number of rotatable bonds is 9. The van der Waals surface area contributed by atoms with Crippen LogP contribution >= 0.6 is 0 Å². The zero-order valence-electron chi connectivity index (χ0n) is 18.7. The highest BCUT2D eigenvalue weighted by Crippen LogP contribution is 2.26. The maximum atomic E-state index is 11.1. The van der Waals surface area contributed by atoms with Crippen molar-refractivity contribution in [3.63, 3.8) is 0 Å². The van der Waals surface area contributed by atoms with E-state index in [-0.39, 0.29) is 0 Å². The lowest BCUT2D eigenvalue weighted by Gasteiger charge is -2.30. The van der Waals surface area contributed by atoms with E-state index in [2.05, 4.69) is 59.5 Å². The van der Waals surface area contributed by atoms with Crippen LogP contribution in [0.15, 0.2) is 78.9 Å². The maximum Gasteiger partial charge on any atom is 0.335 e. The number of aromatic carboxylic acids is 1. The van der Waals surface area contributed by atoms with Gasteiger partial charge in [-0.25, -0.2) is 4.79 Å². The number of carboxylic acids is 1. The van der Waals surface area contributed by atoms with E-state index in [1.165, 1.54) is 49.8 Å². The van der Waals surface area contributed by atoms with Crippen LogP contribution in [0.5, 0.6) is 0 Å². The molecule has 3 nitrogen and oxygen atoms in total. The van der Waals surface area contributed by atoms with Gasteiger partial charge in [-0.15, -0.1) is 0 Å². The molecule has 3 aromatic carbocycles. The summed E-state index contributed by atoms with van der Waals surface area (Å²) < 4.78 is 0. The summed E-state index contributed by atoms with van der Waals surface area (Å²) in [6.07, 6.45) is 7.93. The zero-order chi connectivity index (χ0) is 22.2. The molecule has 1 aliphatic carbocycles. The van der Waals surface area contributed by atoms with Gasteiger partial charge in [0.05, 0.1) is 5.56 Å². The lowest BCUT2D eigenvalue weighted by molar-refractivity contribution is 0.0697. The highest BCUT2D eigenvalue weighted by atomic mass is 16.4. The number of hydrogen-bond donors (Lipinski definition) is 1. The molecule has 3 heteroatoms. The molecule has 166 valence electrons. The number of carboxylic acid groups (broad SMARTS) is 1. The Labute approximate surface area is 191 Å². The topological polar surface area (TPSA) is 40.5 Å². The molecule has 0 saturated heterocycles. The molecule has 0 aliphatic heterocycles. The van der Waals surface area contributed by atoms with Gasteiger partial charge in [-0.05, 0) is 65.6 Å². The van der Waals surface area contributed by atoms with Gasteiger partial charge in [-0.2, -0.15) is 0 Å². The first-order valence-electron chi connectivity index (χ1n) is 11.9. The fourth-order valence-electron chi connectivity index (χ4n) is 4.81. The third-order valence-corrected chi connectivity index (χ3v) is 6.60. The summed E-state index contributed by atoms with van der Waals surface area (Å²) >= 11 is 0. The molecule has 4 rings (SSSR count). The number of benzene rings is 3. The van der Waals surface area contributed by atoms with Crippen molar-refractivity contribution in [1.29, 1.82) is 0 Å². The molecule has 0 atom stereocenters. The van der Waals surface area contributed by atoms with Gasteiger partial charge in [0.1, 0.15) is 0 Å². The van der Waals surface area contributed by atoms with Crippen molar-refractivity contribution in [2.75, 3.05) is 13.1 Å². The van der Waals surface area contributed by atoms with Crippen molar-refractivity contribution in [3.8, 4) is 11.1 Å². The van der Waals surface area contributed by atoms with E-state index < -0.39 is 5.97 Å². The fourth-order valence-corrected chi connectivity index (χ4v) is 4.81. The Hall–Kier alpha value is -2.91. The third kappa shape index (κ3) is 6.30. The van der Waals surface area contributed by atoms with Crippen molar-refractivity contribution in [3.05, 3.63) is 95.6 Å². The zero-order valence-corrected chi connectivity index (χ0v) is 18.7. The van der Waals surface area contributed by atoms with Crippen LogP contribution in [0.1, 0.15) is 53.6 Å². The summed E-state index contributed by atoms with van der Waals surface area (Å²) in [5.74, 6) is -0.0756. The van der Waals surface area contributed by atoms with Crippen LogP contribution in [0.3, 0.4) is 0 Å². The maximum absolute atomic E-state index is 11.1. The molecule has 1 aliphatic rings. The quantitative estimate of drug-likeness (QED) is 0.414. The molecular weight excluding hydrogens is 394 g/mol. The van der Waals surface area contributed by atoms with Crippen LogP contribution in [-0.2, 0) is 13.0 Å². The molecule has 0 aromatic heterocycles. The molecule has 0 unspecified atom stereocenters. The van der Waals surface area contributed by atoms with Crippen molar-refractivity contribution in [2.45, 2.75) is 45.1 Å². The molecule has 0 amide bonds. The summed E-state index contributed by atoms with van der Waals surface area (Å²) in [6.45, 7) is 3.19. The van der Waals surface area contributed by atoms with Crippen molar-refractivity contribution in [2.24, 2.45) is 5.92 Å². The minimum atomic E-state index is -0.887. The van der Waals surface area contributed by atoms with Crippen LogP contribution in [0.25, 0.3) is 11.1 Å². The van der Waals surface area contributed by atoms with Gasteiger partial charge >= 0.3 is 5.97 Å². The monoisotopic (exact) mass is 427 g/mol. The predicted octanol–water partition coefficient (Wildman–Crippen LogP) is 6.68. The minimum absolute atomic E-state index is 0.324. The summed E-state index contributed by atoms with van der Waals surface area (Å²) in [6, 6.07) is 26.6. The molecule has 1 N–H and O–H groups in total. The second kappa shape index (κ2) is 11.1. The van der Waals surface area contributed by atoms with Crippen LogP contribution in [0.4, 0.5) is 0 Å². The van der Waals surface area contributed by atoms with Gasteiger partial charge in [-0.1, -0.05) is 79.9 Å². The van der Waals surface area contributed by atoms with E-state index in [4.69, 9.17) is 5.11 Å². The van der Waals surface area contributed by atoms with Crippen LogP contribution < -0.4 is 0 Å². The second-order valence-electron chi connectivity index (χ2n) is 9.06. The van der Waals surface area contributed by atoms with E-state index >= 15 is 0 Å². The van der Waals surface area contributed by atoms with E-state index in [9.17, 15) is 4.79 Å². The Morgan fingerprint density at radius 3 is 2.25 bits per heavy atom. The molecule has 0 heterocycles. The lowest BCUT2D eigenvalue weighted by Crippen LogP contribution is -2.32. The Bertz CT molecular complexity index is 991. The Morgan fingerprint density at radius 1 is 0.812 bits per heavy atom. The minimum Gasteiger partial charge on any atom is -0.478 e.